The highest BCUT2D eigenvalue weighted by atomic mass is 16.5. The molecule has 1 fully saturated rings. The zero-order valence-electron chi connectivity index (χ0n) is 10.6. The minimum Gasteiger partial charge on any atom is -0.508 e. The van der Waals surface area contributed by atoms with Crippen LogP contribution in [0.15, 0.2) is 18.2 Å². The second-order valence-electron chi connectivity index (χ2n) is 4.79. The van der Waals surface area contributed by atoms with Crippen LogP contribution < -0.4 is 11.1 Å². The van der Waals surface area contributed by atoms with E-state index < -0.39 is 11.5 Å². The number of aromatic hydroxyl groups is 1. The number of anilines is 1. The number of phenolic OH excluding ortho intramolecular Hbond substituents is 1. The summed E-state index contributed by atoms with van der Waals surface area (Å²) in [5.74, 6) is -0.433. The van der Waals surface area contributed by atoms with Gasteiger partial charge in [0.25, 0.3) is 5.91 Å². The van der Waals surface area contributed by atoms with Crippen molar-refractivity contribution in [3.8, 4) is 5.75 Å². The number of nitrogens with one attached hydrogen (secondary N) is 1. The third kappa shape index (κ3) is 3.36. The number of hydrogen-bond donors (Lipinski definition) is 4. The summed E-state index contributed by atoms with van der Waals surface area (Å²) in [6.45, 7) is 1.12. The molecule has 0 aromatic heterocycles. The predicted octanol–water partition coefficient (Wildman–Crippen LogP) is 0.246. The molecular weight excluding hydrogens is 248 g/mol. The van der Waals surface area contributed by atoms with Crippen LogP contribution >= 0.6 is 0 Å². The van der Waals surface area contributed by atoms with Gasteiger partial charge in [-0.25, -0.2) is 0 Å². The quantitative estimate of drug-likeness (QED) is 0.463. The lowest BCUT2D eigenvalue weighted by molar-refractivity contribution is -0.0605. The predicted molar refractivity (Wildman–Crippen MR) is 69.9 cm³/mol. The van der Waals surface area contributed by atoms with Crippen molar-refractivity contribution in [2.45, 2.75) is 18.4 Å². The maximum absolute atomic E-state index is 12.0. The maximum Gasteiger partial charge on any atom is 0.253 e. The standard InChI is InChI=1S/C13H18N2O4/c14-11-2-1-9(16)7-10(11)12(17)15-8-13(18)3-5-19-6-4-13/h1-2,7,16,18H,3-6,8,14H2,(H,15,17). The number of benzene rings is 1. The normalized spacial score (nSPS) is 17.9. The first kappa shape index (κ1) is 13.6. The first-order valence-electron chi connectivity index (χ1n) is 6.17. The molecule has 0 bridgehead atoms. The summed E-state index contributed by atoms with van der Waals surface area (Å²) >= 11 is 0. The highest BCUT2D eigenvalue weighted by Crippen LogP contribution is 2.21. The summed E-state index contributed by atoms with van der Waals surface area (Å²) in [6, 6.07) is 4.18. The van der Waals surface area contributed by atoms with Gasteiger partial charge in [-0.2, -0.15) is 0 Å². The number of amides is 1. The molecule has 0 saturated carbocycles. The van der Waals surface area contributed by atoms with Crippen LogP contribution in [0.5, 0.6) is 5.75 Å². The minimum atomic E-state index is -0.931. The molecule has 1 saturated heterocycles. The average molecular weight is 266 g/mol. The lowest BCUT2D eigenvalue weighted by atomic mass is 9.94. The van der Waals surface area contributed by atoms with E-state index in [0.717, 1.165) is 0 Å². The van der Waals surface area contributed by atoms with Crippen LogP contribution in [0, 0.1) is 0 Å². The summed E-state index contributed by atoms with van der Waals surface area (Å²) in [4.78, 5) is 12.0. The molecule has 0 spiro atoms. The van der Waals surface area contributed by atoms with Crippen molar-refractivity contribution in [2.75, 3.05) is 25.5 Å². The Kier molecular flexibility index (Phi) is 3.92. The van der Waals surface area contributed by atoms with Gasteiger partial charge >= 0.3 is 0 Å². The van der Waals surface area contributed by atoms with Gasteiger partial charge in [0.15, 0.2) is 0 Å². The summed E-state index contributed by atoms with van der Waals surface area (Å²) in [7, 11) is 0. The summed E-state index contributed by atoms with van der Waals surface area (Å²) in [5.41, 5.74) is 5.24. The van der Waals surface area contributed by atoms with Crippen molar-refractivity contribution in [3.05, 3.63) is 23.8 Å². The molecule has 1 amide bonds. The number of carbonyl (C=O) groups is 1. The topological polar surface area (TPSA) is 105 Å². The molecule has 1 aromatic rings. The molecule has 0 unspecified atom stereocenters. The number of rotatable bonds is 3. The molecule has 1 aromatic carbocycles. The number of phenols is 1. The van der Waals surface area contributed by atoms with Gasteiger partial charge in [0.1, 0.15) is 5.75 Å². The van der Waals surface area contributed by atoms with Crippen LogP contribution in [0.3, 0.4) is 0 Å². The van der Waals surface area contributed by atoms with Crippen molar-refractivity contribution >= 4 is 11.6 Å². The van der Waals surface area contributed by atoms with Crippen LogP contribution in [0.1, 0.15) is 23.2 Å². The Morgan fingerprint density at radius 2 is 2.11 bits per heavy atom. The van der Waals surface area contributed by atoms with Gasteiger partial charge < -0.3 is 26.0 Å². The molecule has 0 aliphatic carbocycles. The molecule has 19 heavy (non-hydrogen) atoms. The summed E-state index contributed by atoms with van der Waals surface area (Å²) in [6.07, 6.45) is 0.978. The fraction of sp³-hybridized carbons (Fsp3) is 0.462. The van der Waals surface area contributed by atoms with Crippen LogP contribution in [0.2, 0.25) is 0 Å². The summed E-state index contributed by atoms with van der Waals surface area (Å²) < 4.78 is 5.17. The Balaban J connectivity index is 1.99. The number of nitrogen functional groups attached to an aromatic ring is 1. The van der Waals surface area contributed by atoms with Crippen LogP contribution in [-0.4, -0.2) is 41.5 Å². The number of aliphatic hydroxyl groups is 1. The van der Waals surface area contributed by atoms with Gasteiger partial charge in [0.05, 0.1) is 11.2 Å². The largest absolute Gasteiger partial charge is 0.508 e. The van der Waals surface area contributed by atoms with Gasteiger partial charge in [-0.3, -0.25) is 4.79 Å². The van der Waals surface area contributed by atoms with Gasteiger partial charge in [-0.1, -0.05) is 0 Å². The molecule has 5 N–H and O–H groups in total. The second kappa shape index (κ2) is 5.46. The molecule has 6 heteroatoms. The van der Waals surface area contributed by atoms with Crippen LogP contribution in [0.4, 0.5) is 5.69 Å². The van der Waals surface area contributed by atoms with Crippen molar-refractivity contribution in [1.82, 2.24) is 5.32 Å². The Bertz CT molecular complexity index is 470. The van der Waals surface area contributed by atoms with Crippen molar-refractivity contribution in [2.24, 2.45) is 0 Å². The molecule has 1 heterocycles. The van der Waals surface area contributed by atoms with E-state index in [-0.39, 0.29) is 23.5 Å². The average Bonchev–Trinajstić information content (AvgIpc) is 2.40. The van der Waals surface area contributed by atoms with Crippen molar-refractivity contribution < 1.29 is 19.7 Å². The van der Waals surface area contributed by atoms with E-state index in [2.05, 4.69) is 5.32 Å². The highest BCUT2D eigenvalue weighted by molar-refractivity contribution is 5.99. The monoisotopic (exact) mass is 266 g/mol. The van der Waals surface area contributed by atoms with Crippen molar-refractivity contribution in [3.63, 3.8) is 0 Å². The van der Waals surface area contributed by atoms with E-state index in [1.165, 1.54) is 18.2 Å². The SMILES string of the molecule is Nc1ccc(O)cc1C(=O)NCC1(O)CCOCC1. The fourth-order valence-electron chi connectivity index (χ4n) is 2.01. The number of hydrogen-bond acceptors (Lipinski definition) is 5. The molecule has 1 aliphatic heterocycles. The smallest absolute Gasteiger partial charge is 0.253 e. The first-order chi connectivity index (χ1) is 9.00. The number of carbonyl (C=O) groups excluding carboxylic acids is 1. The van der Waals surface area contributed by atoms with Gasteiger partial charge in [0, 0.05) is 38.3 Å². The Labute approximate surface area is 111 Å². The first-order valence-corrected chi connectivity index (χ1v) is 6.17. The maximum atomic E-state index is 12.0. The fourth-order valence-corrected chi connectivity index (χ4v) is 2.01. The third-order valence-corrected chi connectivity index (χ3v) is 3.28. The molecular formula is C13H18N2O4. The van der Waals surface area contributed by atoms with Crippen LogP contribution in [0.25, 0.3) is 0 Å². The molecule has 1 aliphatic rings. The van der Waals surface area contributed by atoms with Gasteiger partial charge in [-0.05, 0) is 18.2 Å². The van der Waals surface area contributed by atoms with Gasteiger partial charge in [-0.15, -0.1) is 0 Å². The van der Waals surface area contributed by atoms with Crippen LogP contribution in [-0.2, 0) is 4.74 Å². The Morgan fingerprint density at radius 1 is 1.42 bits per heavy atom. The van der Waals surface area contributed by atoms with E-state index in [4.69, 9.17) is 10.5 Å². The van der Waals surface area contributed by atoms with E-state index in [0.29, 0.717) is 26.1 Å². The number of ether oxygens (including phenoxy) is 1. The summed E-state index contributed by atoms with van der Waals surface area (Å²) in [5, 5.41) is 22.2. The zero-order valence-corrected chi connectivity index (χ0v) is 10.6. The minimum absolute atomic E-state index is 0.0240. The third-order valence-electron chi connectivity index (χ3n) is 3.28. The van der Waals surface area contributed by atoms with E-state index in [1.54, 1.807) is 0 Å². The number of nitrogens with two attached hydrogens (primary N) is 1. The van der Waals surface area contributed by atoms with E-state index in [9.17, 15) is 15.0 Å². The van der Waals surface area contributed by atoms with E-state index in [1.807, 2.05) is 0 Å². The van der Waals surface area contributed by atoms with E-state index >= 15 is 0 Å². The second-order valence-corrected chi connectivity index (χ2v) is 4.79. The lowest BCUT2D eigenvalue weighted by Gasteiger charge is -2.32. The zero-order chi connectivity index (χ0) is 13.9. The lowest BCUT2D eigenvalue weighted by Crippen LogP contribution is -2.46. The Morgan fingerprint density at radius 3 is 2.79 bits per heavy atom. The highest BCUT2D eigenvalue weighted by Gasteiger charge is 2.30. The van der Waals surface area contributed by atoms with Gasteiger partial charge in [0.2, 0.25) is 0 Å². The Hall–Kier alpha value is -1.79. The molecule has 6 nitrogen and oxygen atoms in total. The molecule has 0 radical (unpaired) electrons. The van der Waals surface area contributed by atoms with Crippen molar-refractivity contribution in [1.29, 1.82) is 0 Å². The molecule has 0 atom stereocenters. The molecule has 104 valence electrons. The molecule has 2 rings (SSSR count).